The van der Waals surface area contributed by atoms with Gasteiger partial charge >= 0.3 is 0 Å². The predicted octanol–water partition coefficient (Wildman–Crippen LogP) is 4.16. The number of rotatable bonds is 5. The van der Waals surface area contributed by atoms with Crippen LogP contribution in [0.25, 0.3) is 0 Å². The lowest BCUT2D eigenvalue weighted by Gasteiger charge is -2.10. The molecule has 0 N–H and O–H groups in total. The number of hydrogen-bond acceptors (Lipinski definition) is 2. The summed E-state index contributed by atoms with van der Waals surface area (Å²) in [5, 5.41) is 0.458. The number of para-hydroxylation sites is 1. The molecule has 0 bridgehead atoms. The van der Waals surface area contributed by atoms with Crippen molar-refractivity contribution in [2.75, 3.05) is 6.61 Å². The molecule has 2 aromatic rings. The van der Waals surface area contributed by atoms with Gasteiger partial charge in [0, 0.05) is 5.56 Å². The van der Waals surface area contributed by atoms with Crippen LogP contribution in [-0.2, 0) is 6.42 Å². The third kappa shape index (κ3) is 3.36. The van der Waals surface area contributed by atoms with Crippen LogP contribution in [0, 0.1) is 0 Å². The summed E-state index contributed by atoms with van der Waals surface area (Å²) in [7, 11) is 0. The first-order valence-electron chi connectivity index (χ1n) is 6.20. The van der Waals surface area contributed by atoms with Crippen LogP contribution in [-0.4, -0.2) is 12.4 Å². The highest BCUT2D eigenvalue weighted by Gasteiger charge is 2.11. The van der Waals surface area contributed by atoms with E-state index in [2.05, 4.69) is 6.92 Å². The molecule has 0 radical (unpaired) electrons. The summed E-state index contributed by atoms with van der Waals surface area (Å²) in [6, 6.07) is 14.7. The largest absolute Gasteiger partial charge is 0.485 e. The molecular weight excluding hydrogens is 260 g/mol. The smallest absolute Gasteiger partial charge is 0.201 e. The van der Waals surface area contributed by atoms with Crippen molar-refractivity contribution in [3.05, 3.63) is 64.7 Å². The van der Waals surface area contributed by atoms with Crippen molar-refractivity contribution < 1.29 is 9.53 Å². The topological polar surface area (TPSA) is 26.3 Å². The zero-order valence-electron chi connectivity index (χ0n) is 10.7. The van der Waals surface area contributed by atoms with E-state index in [1.165, 1.54) is 0 Å². The first-order valence-corrected chi connectivity index (χ1v) is 6.58. The highest BCUT2D eigenvalue weighted by Crippen LogP contribution is 2.20. The van der Waals surface area contributed by atoms with E-state index >= 15 is 0 Å². The SMILES string of the molecule is CCc1ccccc1OCC(=O)c1ccccc1Cl. The van der Waals surface area contributed by atoms with Crippen LogP contribution in [0.5, 0.6) is 5.75 Å². The molecule has 0 aliphatic heterocycles. The van der Waals surface area contributed by atoms with E-state index in [0.29, 0.717) is 10.6 Å². The van der Waals surface area contributed by atoms with E-state index in [-0.39, 0.29) is 12.4 Å². The minimum Gasteiger partial charge on any atom is -0.485 e. The van der Waals surface area contributed by atoms with Gasteiger partial charge in [0.1, 0.15) is 5.75 Å². The Balaban J connectivity index is 2.07. The molecule has 0 heterocycles. The second-order valence-electron chi connectivity index (χ2n) is 4.15. The monoisotopic (exact) mass is 274 g/mol. The van der Waals surface area contributed by atoms with Gasteiger partial charge in [0.15, 0.2) is 6.61 Å². The first-order chi connectivity index (χ1) is 9.22. The van der Waals surface area contributed by atoms with Gasteiger partial charge in [-0.1, -0.05) is 48.9 Å². The second-order valence-corrected chi connectivity index (χ2v) is 4.56. The molecule has 0 aliphatic rings. The molecule has 2 nitrogen and oxygen atoms in total. The van der Waals surface area contributed by atoms with Gasteiger partial charge in [0.2, 0.25) is 5.78 Å². The van der Waals surface area contributed by atoms with Gasteiger partial charge in [-0.15, -0.1) is 0 Å². The summed E-state index contributed by atoms with van der Waals surface area (Å²) in [4.78, 5) is 12.0. The zero-order valence-corrected chi connectivity index (χ0v) is 11.5. The van der Waals surface area contributed by atoms with Crippen LogP contribution in [0.4, 0.5) is 0 Å². The van der Waals surface area contributed by atoms with Crippen LogP contribution >= 0.6 is 11.6 Å². The fourth-order valence-corrected chi connectivity index (χ4v) is 2.09. The van der Waals surface area contributed by atoms with Crippen LogP contribution in [0.3, 0.4) is 0 Å². The van der Waals surface area contributed by atoms with Crippen LogP contribution in [0.2, 0.25) is 5.02 Å². The number of aryl methyl sites for hydroxylation is 1. The van der Waals surface area contributed by atoms with Crippen molar-refractivity contribution in [2.24, 2.45) is 0 Å². The van der Waals surface area contributed by atoms with Gasteiger partial charge in [-0.05, 0) is 30.2 Å². The molecule has 3 heteroatoms. The first kappa shape index (κ1) is 13.6. The van der Waals surface area contributed by atoms with Crippen LogP contribution in [0.15, 0.2) is 48.5 Å². The fourth-order valence-electron chi connectivity index (χ4n) is 1.85. The summed E-state index contributed by atoms with van der Waals surface area (Å²) in [5.74, 6) is 0.641. The zero-order chi connectivity index (χ0) is 13.7. The Morgan fingerprint density at radius 1 is 1.11 bits per heavy atom. The quantitative estimate of drug-likeness (QED) is 0.765. The lowest BCUT2D eigenvalue weighted by molar-refractivity contribution is 0.0921. The van der Waals surface area contributed by atoms with E-state index in [1.807, 2.05) is 24.3 Å². The molecule has 0 aliphatic carbocycles. The predicted molar refractivity (Wildman–Crippen MR) is 77.1 cm³/mol. The van der Waals surface area contributed by atoms with E-state index in [9.17, 15) is 4.79 Å². The summed E-state index contributed by atoms with van der Waals surface area (Å²) >= 11 is 5.98. The summed E-state index contributed by atoms with van der Waals surface area (Å²) in [5.41, 5.74) is 1.59. The van der Waals surface area contributed by atoms with Gasteiger partial charge in [-0.25, -0.2) is 0 Å². The van der Waals surface area contributed by atoms with Gasteiger partial charge < -0.3 is 4.74 Å². The molecule has 19 heavy (non-hydrogen) atoms. The molecule has 0 fully saturated rings. The van der Waals surface area contributed by atoms with Crippen molar-refractivity contribution in [1.82, 2.24) is 0 Å². The summed E-state index contributed by atoms with van der Waals surface area (Å²) in [6.07, 6.45) is 0.871. The molecule has 0 spiro atoms. The van der Waals surface area contributed by atoms with Gasteiger partial charge in [0.25, 0.3) is 0 Å². The van der Waals surface area contributed by atoms with Gasteiger partial charge in [-0.2, -0.15) is 0 Å². The van der Waals surface area contributed by atoms with Crippen molar-refractivity contribution in [3.63, 3.8) is 0 Å². The van der Waals surface area contributed by atoms with Crippen LogP contribution in [0.1, 0.15) is 22.8 Å². The summed E-state index contributed by atoms with van der Waals surface area (Å²) < 4.78 is 5.59. The van der Waals surface area contributed by atoms with Crippen molar-refractivity contribution >= 4 is 17.4 Å². The van der Waals surface area contributed by atoms with E-state index in [4.69, 9.17) is 16.3 Å². The molecule has 2 rings (SSSR count). The fraction of sp³-hybridized carbons (Fsp3) is 0.188. The Morgan fingerprint density at radius 2 is 1.79 bits per heavy atom. The third-order valence-corrected chi connectivity index (χ3v) is 3.22. The Hall–Kier alpha value is -1.80. The Morgan fingerprint density at radius 3 is 2.53 bits per heavy atom. The van der Waals surface area contributed by atoms with Crippen molar-refractivity contribution in [1.29, 1.82) is 0 Å². The Kier molecular flexibility index (Phi) is 4.58. The maximum Gasteiger partial charge on any atom is 0.201 e. The third-order valence-electron chi connectivity index (χ3n) is 2.89. The van der Waals surface area contributed by atoms with Crippen molar-refractivity contribution in [2.45, 2.75) is 13.3 Å². The number of carbonyl (C=O) groups is 1. The van der Waals surface area contributed by atoms with Gasteiger partial charge in [-0.3, -0.25) is 4.79 Å². The number of hydrogen-bond donors (Lipinski definition) is 0. The maximum atomic E-state index is 12.0. The summed E-state index contributed by atoms with van der Waals surface area (Å²) in [6.45, 7) is 2.05. The number of benzene rings is 2. The van der Waals surface area contributed by atoms with Crippen LogP contribution < -0.4 is 4.74 Å². The lowest BCUT2D eigenvalue weighted by Crippen LogP contribution is -2.12. The normalized spacial score (nSPS) is 10.2. The molecule has 2 aromatic carbocycles. The van der Waals surface area contributed by atoms with Gasteiger partial charge in [0.05, 0.1) is 5.02 Å². The molecule has 0 atom stereocenters. The number of ether oxygens (including phenoxy) is 1. The highest BCUT2D eigenvalue weighted by atomic mass is 35.5. The average molecular weight is 275 g/mol. The minimum absolute atomic E-state index is 0.000741. The molecule has 0 unspecified atom stereocenters. The standard InChI is InChI=1S/C16H15ClO2/c1-2-12-7-3-6-10-16(12)19-11-15(18)13-8-4-5-9-14(13)17/h3-10H,2,11H2,1H3. The number of carbonyl (C=O) groups excluding carboxylic acids is 1. The Bertz CT molecular complexity index is 578. The van der Waals surface area contributed by atoms with E-state index < -0.39 is 0 Å². The molecule has 0 aromatic heterocycles. The number of ketones is 1. The molecule has 0 saturated heterocycles. The molecule has 0 amide bonds. The van der Waals surface area contributed by atoms with E-state index in [0.717, 1.165) is 17.7 Å². The highest BCUT2D eigenvalue weighted by molar-refractivity contribution is 6.34. The number of halogens is 1. The average Bonchev–Trinajstić information content (AvgIpc) is 2.45. The van der Waals surface area contributed by atoms with E-state index in [1.54, 1.807) is 24.3 Å². The maximum absolute atomic E-state index is 12.0. The number of Topliss-reactive ketones (excluding diaryl/α,β-unsaturated/α-hetero) is 1. The molecule has 0 saturated carbocycles. The molecular formula is C16H15ClO2. The lowest BCUT2D eigenvalue weighted by atomic mass is 10.1. The Labute approximate surface area is 118 Å². The minimum atomic E-state index is -0.114. The second kappa shape index (κ2) is 6.39. The molecule has 98 valence electrons. The van der Waals surface area contributed by atoms with Crippen molar-refractivity contribution in [3.8, 4) is 5.75 Å².